The van der Waals surface area contributed by atoms with E-state index in [2.05, 4.69) is 5.10 Å². The Kier molecular flexibility index (Phi) is 4.65. The lowest BCUT2D eigenvalue weighted by molar-refractivity contribution is -0.144. The molecule has 2 aromatic rings. The van der Waals surface area contributed by atoms with E-state index < -0.39 is 24.0 Å². The molecule has 130 valence electrons. The van der Waals surface area contributed by atoms with Crippen LogP contribution in [-0.2, 0) is 28.9 Å². The number of hydrogen-bond donors (Lipinski definition) is 1. The van der Waals surface area contributed by atoms with E-state index in [0.29, 0.717) is 17.7 Å². The van der Waals surface area contributed by atoms with Crippen molar-refractivity contribution in [2.45, 2.75) is 32.7 Å². The fourth-order valence-electron chi connectivity index (χ4n) is 3.14. The lowest BCUT2D eigenvalue weighted by Crippen LogP contribution is -2.34. The van der Waals surface area contributed by atoms with Crippen molar-refractivity contribution in [3.8, 4) is 11.3 Å². The van der Waals surface area contributed by atoms with Gasteiger partial charge < -0.3 is 9.84 Å². The zero-order valence-electron chi connectivity index (χ0n) is 13.8. The summed E-state index contributed by atoms with van der Waals surface area (Å²) in [6.45, 7) is 1.42. The first-order valence-electron chi connectivity index (χ1n) is 8.14. The van der Waals surface area contributed by atoms with E-state index in [0.717, 1.165) is 28.7 Å². The largest absolute Gasteiger partial charge is 0.477 e. The molecule has 0 fully saturated rings. The van der Waals surface area contributed by atoms with Crippen LogP contribution in [0.5, 0.6) is 0 Å². The van der Waals surface area contributed by atoms with E-state index in [-0.39, 0.29) is 12.2 Å². The van der Waals surface area contributed by atoms with Gasteiger partial charge in [-0.1, -0.05) is 24.3 Å². The molecule has 1 heterocycles. The summed E-state index contributed by atoms with van der Waals surface area (Å²) in [7, 11) is 0. The second-order valence-electron chi connectivity index (χ2n) is 5.79. The molecule has 0 bridgehead atoms. The van der Waals surface area contributed by atoms with Crippen molar-refractivity contribution in [1.82, 2.24) is 9.78 Å². The second-order valence-corrected chi connectivity index (χ2v) is 5.79. The van der Waals surface area contributed by atoms with Crippen LogP contribution in [0.2, 0.25) is 0 Å². The van der Waals surface area contributed by atoms with Crippen molar-refractivity contribution in [2.75, 3.05) is 6.61 Å². The summed E-state index contributed by atoms with van der Waals surface area (Å²) >= 11 is 0. The zero-order chi connectivity index (χ0) is 18.0. The van der Waals surface area contributed by atoms with Gasteiger partial charge in [-0.25, -0.2) is 9.48 Å². The number of esters is 1. The molecule has 0 atom stereocenters. The van der Waals surface area contributed by atoms with Crippen molar-refractivity contribution in [3.63, 3.8) is 0 Å². The minimum absolute atomic E-state index is 0.174. The third kappa shape index (κ3) is 3.17. The van der Waals surface area contributed by atoms with Gasteiger partial charge in [-0.15, -0.1) is 0 Å². The summed E-state index contributed by atoms with van der Waals surface area (Å²) in [5.41, 5.74) is 1.64. The second kappa shape index (κ2) is 6.88. The fraction of sp³-hybridized carbons (Fsp3) is 0.333. The molecular formula is C18H18N2O5. The normalized spacial score (nSPS) is 12.7. The summed E-state index contributed by atoms with van der Waals surface area (Å²) in [6.07, 6.45) is 1.96. The predicted molar refractivity (Wildman–Crippen MR) is 89.6 cm³/mol. The highest BCUT2D eigenvalue weighted by molar-refractivity contribution is 5.91. The first-order valence-corrected chi connectivity index (χ1v) is 8.14. The number of nitrogens with zero attached hydrogens (tertiary/aromatic N) is 2. The molecule has 0 unspecified atom stereocenters. The molecule has 0 amide bonds. The van der Waals surface area contributed by atoms with Crippen molar-refractivity contribution in [1.29, 1.82) is 0 Å². The number of carbonyl (C=O) groups is 2. The standard InChI is InChI=1S/C18H18N2O5/c1-2-25-14(21)10-20-17(22)15(18(23)24)13-9-5-7-11-6-3-4-8-12(11)16(13)19-20/h3-4,6,8H,2,5,7,9-10H2,1H3,(H,23,24). The van der Waals surface area contributed by atoms with Crippen molar-refractivity contribution < 1.29 is 19.4 Å². The molecular weight excluding hydrogens is 324 g/mol. The Balaban J connectivity index is 2.24. The van der Waals surface area contributed by atoms with Crippen LogP contribution in [0.4, 0.5) is 0 Å². The van der Waals surface area contributed by atoms with Crippen LogP contribution >= 0.6 is 0 Å². The molecule has 1 aromatic carbocycles. The highest BCUT2D eigenvalue weighted by atomic mass is 16.5. The quantitative estimate of drug-likeness (QED) is 0.849. The topological polar surface area (TPSA) is 98.5 Å². The van der Waals surface area contributed by atoms with Crippen LogP contribution in [0.3, 0.4) is 0 Å². The van der Waals surface area contributed by atoms with Crippen molar-refractivity contribution >= 4 is 11.9 Å². The molecule has 0 spiro atoms. The number of ether oxygens (including phenoxy) is 1. The lowest BCUT2D eigenvalue weighted by atomic mass is 9.99. The SMILES string of the molecule is CCOC(=O)Cn1nc2c(c(C(=O)O)c1=O)CCCc1ccccc1-2. The van der Waals surface area contributed by atoms with Crippen molar-refractivity contribution in [3.05, 3.63) is 51.3 Å². The zero-order valence-corrected chi connectivity index (χ0v) is 13.8. The highest BCUT2D eigenvalue weighted by Crippen LogP contribution is 2.31. The third-order valence-corrected chi connectivity index (χ3v) is 4.20. The Morgan fingerprint density at radius 3 is 2.76 bits per heavy atom. The van der Waals surface area contributed by atoms with E-state index in [4.69, 9.17) is 4.74 Å². The predicted octanol–water partition coefficient (Wildman–Crippen LogP) is 1.66. The van der Waals surface area contributed by atoms with Crippen LogP contribution < -0.4 is 5.56 Å². The number of rotatable bonds is 4. The minimum atomic E-state index is -1.30. The molecule has 0 saturated heterocycles. The van der Waals surface area contributed by atoms with Gasteiger partial charge in [0.2, 0.25) is 0 Å². The summed E-state index contributed by atoms with van der Waals surface area (Å²) in [5, 5.41) is 13.9. The van der Waals surface area contributed by atoms with E-state index in [1.54, 1.807) is 6.92 Å². The summed E-state index contributed by atoms with van der Waals surface area (Å²) in [5.74, 6) is -1.93. The maximum atomic E-state index is 12.6. The van der Waals surface area contributed by atoms with Crippen molar-refractivity contribution in [2.24, 2.45) is 0 Å². The monoisotopic (exact) mass is 342 g/mol. The Hall–Kier alpha value is -2.96. The fourth-order valence-corrected chi connectivity index (χ4v) is 3.14. The summed E-state index contributed by atoms with van der Waals surface area (Å²) < 4.78 is 5.74. The van der Waals surface area contributed by atoms with Gasteiger partial charge in [0.15, 0.2) is 0 Å². The van der Waals surface area contributed by atoms with Crippen LogP contribution in [0.25, 0.3) is 11.3 Å². The van der Waals surface area contributed by atoms with Gasteiger partial charge in [0.25, 0.3) is 5.56 Å². The number of carboxylic acid groups (broad SMARTS) is 1. The molecule has 0 radical (unpaired) electrons. The van der Waals surface area contributed by atoms with E-state index in [9.17, 15) is 19.5 Å². The van der Waals surface area contributed by atoms with Crippen LogP contribution in [-0.4, -0.2) is 33.4 Å². The van der Waals surface area contributed by atoms with Crippen LogP contribution in [0.1, 0.15) is 34.8 Å². The Morgan fingerprint density at radius 2 is 2.04 bits per heavy atom. The van der Waals surface area contributed by atoms with Crippen LogP contribution in [0.15, 0.2) is 29.1 Å². The van der Waals surface area contributed by atoms with E-state index in [1.807, 2.05) is 24.3 Å². The average Bonchev–Trinajstić information content (AvgIpc) is 2.75. The van der Waals surface area contributed by atoms with Gasteiger partial charge in [0.05, 0.1) is 12.3 Å². The number of fused-ring (bicyclic) bond motifs is 3. The Morgan fingerprint density at radius 1 is 1.28 bits per heavy atom. The molecule has 3 rings (SSSR count). The van der Waals surface area contributed by atoms with E-state index in [1.165, 1.54) is 0 Å². The third-order valence-electron chi connectivity index (χ3n) is 4.20. The molecule has 7 nitrogen and oxygen atoms in total. The first-order chi connectivity index (χ1) is 12.0. The van der Waals surface area contributed by atoms with Crippen LogP contribution in [0, 0.1) is 0 Å². The van der Waals surface area contributed by atoms with Gasteiger partial charge in [0.1, 0.15) is 12.1 Å². The first kappa shape index (κ1) is 16.9. The number of aryl methyl sites for hydroxylation is 1. The molecule has 1 aliphatic carbocycles. The minimum Gasteiger partial charge on any atom is -0.477 e. The summed E-state index contributed by atoms with van der Waals surface area (Å²) in [4.78, 5) is 36.0. The molecule has 1 N–H and O–H groups in total. The number of benzene rings is 1. The molecule has 1 aromatic heterocycles. The molecule has 25 heavy (non-hydrogen) atoms. The molecule has 0 aliphatic heterocycles. The number of carboxylic acids is 1. The smallest absolute Gasteiger partial charge is 0.341 e. The maximum Gasteiger partial charge on any atom is 0.341 e. The number of carbonyl (C=O) groups excluding carboxylic acids is 1. The Bertz CT molecular complexity index is 901. The number of aromatic carboxylic acids is 1. The number of aromatic nitrogens is 2. The molecule has 1 aliphatic rings. The Labute approximate surface area is 143 Å². The average molecular weight is 342 g/mol. The van der Waals surface area contributed by atoms with E-state index >= 15 is 0 Å². The summed E-state index contributed by atoms with van der Waals surface area (Å²) in [6, 6.07) is 7.58. The highest BCUT2D eigenvalue weighted by Gasteiger charge is 2.26. The maximum absolute atomic E-state index is 12.6. The number of hydrogen-bond acceptors (Lipinski definition) is 5. The van der Waals surface area contributed by atoms with Gasteiger partial charge in [0, 0.05) is 11.1 Å². The van der Waals surface area contributed by atoms with Gasteiger partial charge in [-0.05, 0) is 31.7 Å². The lowest BCUT2D eigenvalue weighted by Gasteiger charge is -2.14. The van der Waals surface area contributed by atoms with Gasteiger partial charge in [-0.2, -0.15) is 5.10 Å². The molecule has 7 heteroatoms. The van der Waals surface area contributed by atoms with Gasteiger partial charge in [-0.3, -0.25) is 9.59 Å². The van der Waals surface area contributed by atoms with Gasteiger partial charge >= 0.3 is 11.9 Å². The molecule has 0 saturated carbocycles.